The molecule has 0 unspecified atom stereocenters. The van der Waals surface area contributed by atoms with Gasteiger partial charge >= 0.3 is 0 Å². The van der Waals surface area contributed by atoms with Crippen molar-refractivity contribution in [2.45, 2.75) is 13.5 Å². The van der Waals surface area contributed by atoms with E-state index in [-0.39, 0.29) is 18.4 Å². The molecule has 6 heteroatoms. The Balaban J connectivity index is 1.37. The van der Waals surface area contributed by atoms with Crippen LogP contribution in [0.5, 0.6) is 5.75 Å². The average Bonchev–Trinajstić information content (AvgIpc) is 2.67. The second kappa shape index (κ2) is 7.40. The van der Waals surface area contributed by atoms with E-state index >= 15 is 0 Å². The lowest BCUT2D eigenvalue weighted by atomic mass is 10.1. The van der Waals surface area contributed by atoms with E-state index in [1.165, 1.54) is 11.1 Å². The molecule has 0 aromatic heterocycles. The van der Waals surface area contributed by atoms with Gasteiger partial charge in [0, 0.05) is 38.3 Å². The number of amides is 2. The van der Waals surface area contributed by atoms with E-state index in [9.17, 15) is 9.59 Å². The van der Waals surface area contributed by atoms with E-state index < -0.39 is 0 Å². The van der Waals surface area contributed by atoms with Crippen LogP contribution in [0.2, 0.25) is 0 Å². The van der Waals surface area contributed by atoms with Gasteiger partial charge in [0.2, 0.25) is 0 Å². The molecule has 1 saturated heterocycles. The van der Waals surface area contributed by atoms with Gasteiger partial charge in [0.25, 0.3) is 11.8 Å². The van der Waals surface area contributed by atoms with Gasteiger partial charge in [0.1, 0.15) is 5.75 Å². The van der Waals surface area contributed by atoms with Gasteiger partial charge in [-0.25, -0.2) is 0 Å². The molecule has 2 amide bonds. The van der Waals surface area contributed by atoms with Crippen molar-refractivity contribution in [3.05, 3.63) is 59.2 Å². The molecule has 2 aromatic rings. The van der Waals surface area contributed by atoms with Crippen LogP contribution in [0, 0.1) is 6.92 Å². The number of carbonyl (C=O) groups excluding carboxylic acids is 2. The number of hydrogen-bond donors (Lipinski definition) is 1. The SMILES string of the molecule is Cc1cccc(CN2CCN(C(=O)c3ccc4c(c3)NC(=O)CO4)CC2)c1. The highest BCUT2D eigenvalue weighted by Gasteiger charge is 2.24. The standard InChI is InChI=1S/C21H23N3O3/c1-15-3-2-4-16(11-15)13-23-7-9-24(10-8-23)21(26)17-5-6-19-18(12-17)22-20(25)14-27-19/h2-6,11-12H,7-10,13-14H2,1H3,(H,22,25). The number of fused-ring (bicyclic) bond motifs is 1. The molecule has 2 aliphatic rings. The molecular weight excluding hydrogens is 342 g/mol. The molecule has 2 aromatic carbocycles. The second-order valence-corrected chi connectivity index (χ2v) is 7.11. The lowest BCUT2D eigenvalue weighted by Gasteiger charge is -2.35. The van der Waals surface area contributed by atoms with Crippen LogP contribution in [0.1, 0.15) is 21.5 Å². The molecule has 0 bridgehead atoms. The van der Waals surface area contributed by atoms with Crippen molar-refractivity contribution in [1.29, 1.82) is 0 Å². The van der Waals surface area contributed by atoms with E-state index in [0.29, 0.717) is 30.1 Å². The Kier molecular flexibility index (Phi) is 4.81. The lowest BCUT2D eigenvalue weighted by Crippen LogP contribution is -2.48. The molecule has 0 saturated carbocycles. The number of benzene rings is 2. The van der Waals surface area contributed by atoms with Crippen LogP contribution < -0.4 is 10.1 Å². The maximum atomic E-state index is 12.8. The van der Waals surface area contributed by atoms with Gasteiger partial charge in [0.15, 0.2) is 6.61 Å². The van der Waals surface area contributed by atoms with Gasteiger partial charge in [-0.05, 0) is 30.7 Å². The molecule has 1 N–H and O–H groups in total. The average molecular weight is 365 g/mol. The molecule has 6 nitrogen and oxygen atoms in total. The van der Waals surface area contributed by atoms with Crippen LogP contribution >= 0.6 is 0 Å². The quantitative estimate of drug-likeness (QED) is 0.907. The van der Waals surface area contributed by atoms with Crippen molar-refractivity contribution in [2.75, 3.05) is 38.1 Å². The van der Waals surface area contributed by atoms with Crippen LogP contribution in [0.15, 0.2) is 42.5 Å². The fourth-order valence-electron chi connectivity index (χ4n) is 3.58. The monoisotopic (exact) mass is 365 g/mol. The Morgan fingerprint density at radius 3 is 2.70 bits per heavy atom. The largest absolute Gasteiger partial charge is 0.482 e. The first-order valence-electron chi connectivity index (χ1n) is 9.22. The first kappa shape index (κ1) is 17.5. The maximum Gasteiger partial charge on any atom is 0.262 e. The molecule has 0 atom stereocenters. The highest BCUT2D eigenvalue weighted by atomic mass is 16.5. The Hall–Kier alpha value is -2.86. The van der Waals surface area contributed by atoms with Crippen LogP contribution in [-0.2, 0) is 11.3 Å². The predicted octanol–water partition coefficient (Wildman–Crippen LogP) is 2.28. The smallest absolute Gasteiger partial charge is 0.262 e. The molecule has 27 heavy (non-hydrogen) atoms. The van der Waals surface area contributed by atoms with Crippen molar-refractivity contribution in [3.63, 3.8) is 0 Å². The third-order valence-corrected chi connectivity index (χ3v) is 5.01. The fraction of sp³-hybridized carbons (Fsp3) is 0.333. The summed E-state index contributed by atoms with van der Waals surface area (Å²) in [4.78, 5) is 28.6. The number of anilines is 1. The van der Waals surface area contributed by atoms with E-state index in [0.717, 1.165) is 19.6 Å². The van der Waals surface area contributed by atoms with E-state index in [1.807, 2.05) is 4.90 Å². The molecule has 2 aliphatic heterocycles. The molecule has 140 valence electrons. The summed E-state index contributed by atoms with van der Waals surface area (Å²) in [6, 6.07) is 13.8. The van der Waals surface area contributed by atoms with Gasteiger partial charge in [0.05, 0.1) is 5.69 Å². The summed E-state index contributed by atoms with van der Waals surface area (Å²) in [5.41, 5.74) is 3.71. The number of ether oxygens (including phenoxy) is 1. The summed E-state index contributed by atoms with van der Waals surface area (Å²) in [5, 5.41) is 2.75. The summed E-state index contributed by atoms with van der Waals surface area (Å²) in [6.45, 7) is 6.13. The molecule has 0 spiro atoms. The zero-order valence-electron chi connectivity index (χ0n) is 15.4. The number of piperazine rings is 1. The van der Waals surface area contributed by atoms with Crippen LogP contribution in [0.4, 0.5) is 5.69 Å². The Labute approximate surface area is 158 Å². The Morgan fingerprint density at radius 1 is 1.11 bits per heavy atom. The van der Waals surface area contributed by atoms with Gasteiger partial charge in [-0.1, -0.05) is 29.8 Å². The molecule has 2 heterocycles. The van der Waals surface area contributed by atoms with Gasteiger partial charge in [-0.15, -0.1) is 0 Å². The molecular formula is C21H23N3O3. The third kappa shape index (κ3) is 3.95. The fourth-order valence-corrected chi connectivity index (χ4v) is 3.58. The number of hydrogen-bond acceptors (Lipinski definition) is 4. The summed E-state index contributed by atoms with van der Waals surface area (Å²) in [6.07, 6.45) is 0. The van der Waals surface area contributed by atoms with Crippen molar-refractivity contribution in [1.82, 2.24) is 9.80 Å². The highest BCUT2D eigenvalue weighted by Crippen LogP contribution is 2.29. The number of nitrogens with zero attached hydrogens (tertiary/aromatic N) is 2. The van der Waals surface area contributed by atoms with Gasteiger partial charge < -0.3 is 15.0 Å². The van der Waals surface area contributed by atoms with Crippen molar-refractivity contribution >= 4 is 17.5 Å². The summed E-state index contributed by atoms with van der Waals surface area (Å²) >= 11 is 0. The minimum Gasteiger partial charge on any atom is -0.482 e. The lowest BCUT2D eigenvalue weighted by molar-refractivity contribution is -0.118. The van der Waals surface area contributed by atoms with E-state index in [1.54, 1.807) is 18.2 Å². The minimum atomic E-state index is -0.197. The molecule has 1 fully saturated rings. The first-order valence-corrected chi connectivity index (χ1v) is 9.22. The third-order valence-electron chi connectivity index (χ3n) is 5.01. The number of nitrogens with one attached hydrogen (secondary N) is 1. The Morgan fingerprint density at radius 2 is 1.93 bits per heavy atom. The predicted molar refractivity (Wildman–Crippen MR) is 103 cm³/mol. The van der Waals surface area contributed by atoms with Crippen molar-refractivity contribution in [2.24, 2.45) is 0 Å². The number of aryl methyl sites for hydroxylation is 1. The summed E-state index contributed by atoms with van der Waals surface area (Å²) in [5.74, 6) is 0.402. The number of rotatable bonds is 3. The molecule has 0 radical (unpaired) electrons. The van der Waals surface area contributed by atoms with Crippen LogP contribution in [0.25, 0.3) is 0 Å². The van der Waals surface area contributed by atoms with E-state index in [4.69, 9.17) is 4.74 Å². The second-order valence-electron chi connectivity index (χ2n) is 7.11. The maximum absolute atomic E-state index is 12.8. The number of carbonyl (C=O) groups is 2. The van der Waals surface area contributed by atoms with Crippen molar-refractivity contribution < 1.29 is 14.3 Å². The van der Waals surface area contributed by atoms with Gasteiger partial charge in [-0.2, -0.15) is 0 Å². The van der Waals surface area contributed by atoms with E-state index in [2.05, 4.69) is 41.4 Å². The highest BCUT2D eigenvalue weighted by molar-refractivity contribution is 5.99. The first-order chi connectivity index (χ1) is 13.1. The van der Waals surface area contributed by atoms with Crippen LogP contribution in [-0.4, -0.2) is 54.4 Å². The Bertz CT molecular complexity index is 873. The topological polar surface area (TPSA) is 61.9 Å². The summed E-state index contributed by atoms with van der Waals surface area (Å²) in [7, 11) is 0. The van der Waals surface area contributed by atoms with Gasteiger partial charge in [-0.3, -0.25) is 14.5 Å². The van der Waals surface area contributed by atoms with Crippen LogP contribution in [0.3, 0.4) is 0 Å². The summed E-state index contributed by atoms with van der Waals surface area (Å²) < 4.78 is 5.35. The normalized spacial score (nSPS) is 17.1. The zero-order valence-corrected chi connectivity index (χ0v) is 15.4. The zero-order chi connectivity index (χ0) is 18.8. The van der Waals surface area contributed by atoms with Crippen molar-refractivity contribution in [3.8, 4) is 5.75 Å². The minimum absolute atomic E-state index is 0.00664. The molecule has 0 aliphatic carbocycles. The molecule has 4 rings (SSSR count).